The van der Waals surface area contributed by atoms with Crippen molar-refractivity contribution in [3.8, 4) is 0 Å². The molecule has 1 aromatic heterocycles. The first-order chi connectivity index (χ1) is 11.3. The molecule has 0 aliphatic carbocycles. The zero-order valence-electron chi connectivity index (χ0n) is 15.3. The average molecular weight is 332 g/mol. The van der Waals surface area contributed by atoms with Crippen LogP contribution in [-0.4, -0.2) is 52.9 Å². The number of amides is 3. The molecule has 0 unspecified atom stereocenters. The van der Waals surface area contributed by atoms with Crippen molar-refractivity contribution >= 4 is 17.6 Å². The van der Waals surface area contributed by atoms with Gasteiger partial charge in [-0.3, -0.25) is 9.78 Å². The van der Waals surface area contributed by atoms with Crippen LogP contribution in [-0.2, 0) is 4.79 Å². The van der Waals surface area contributed by atoms with E-state index in [0.717, 1.165) is 29.1 Å². The van der Waals surface area contributed by atoms with Crippen molar-refractivity contribution in [3.05, 3.63) is 23.0 Å². The van der Waals surface area contributed by atoms with Gasteiger partial charge in [-0.15, -0.1) is 0 Å². The molecule has 1 saturated heterocycles. The fraction of sp³-hybridized carbons (Fsp3) is 0.611. The predicted octanol–water partition coefficient (Wildman–Crippen LogP) is 2.73. The molecule has 1 aliphatic heterocycles. The first-order valence-electron chi connectivity index (χ1n) is 8.59. The Balaban J connectivity index is 2.02. The summed E-state index contributed by atoms with van der Waals surface area (Å²) in [6.45, 7) is 12.2. The lowest BCUT2D eigenvalue weighted by molar-refractivity contribution is -0.134. The first-order valence-corrected chi connectivity index (χ1v) is 8.59. The van der Waals surface area contributed by atoms with Crippen LogP contribution in [0.5, 0.6) is 0 Å². The van der Waals surface area contributed by atoms with Crippen molar-refractivity contribution < 1.29 is 9.59 Å². The van der Waals surface area contributed by atoms with Gasteiger partial charge in [-0.1, -0.05) is 13.8 Å². The zero-order chi connectivity index (χ0) is 17.9. The molecule has 1 N–H and O–H groups in total. The average Bonchev–Trinajstić information content (AvgIpc) is 2.75. The highest BCUT2D eigenvalue weighted by Gasteiger charge is 2.24. The maximum atomic E-state index is 12.6. The summed E-state index contributed by atoms with van der Waals surface area (Å²) in [7, 11) is 0. The maximum absolute atomic E-state index is 12.6. The number of carbonyl (C=O) groups is 2. The largest absolute Gasteiger partial charge is 0.341 e. The van der Waals surface area contributed by atoms with Gasteiger partial charge in [-0.25, -0.2) is 4.79 Å². The minimum Gasteiger partial charge on any atom is -0.341 e. The van der Waals surface area contributed by atoms with Gasteiger partial charge >= 0.3 is 6.03 Å². The van der Waals surface area contributed by atoms with E-state index in [9.17, 15) is 9.59 Å². The van der Waals surface area contributed by atoms with Gasteiger partial charge in [0.15, 0.2) is 0 Å². The van der Waals surface area contributed by atoms with Crippen LogP contribution in [0.25, 0.3) is 0 Å². The molecule has 6 heteroatoms. The summed E-state index contributed by atoms with van der Waals surface area (Å²) in [4.78, 5) is 32.8. The second-order valence-corrected chi connectivity index (χ2v) is 6.79. The summed E-state index contributed by atoms with van der Waals surface area (Å²) in [5.74, 6) is 0.154. The van der Waals surface area contributed by atoms with E-state index in [2.05, 4.69) is 10.3 Å². The van der Waals surface area contributed by atoms with Gasteiger partial charge in [0, 0.05) is 37.8 Å². The molecule has 2 heterocycles. The van der Waals surface area contributed by atoms with E-state index in [-0.39, 0.29) is 17.9 Å². The number of hydrogen-bond donors (Lipinski definition) is 1. The fourth-order valence-corrected chi connectivity index (χ4v) is 3.10. The third-order valence-electron chi connectivity index (χ3n) is 4.35. The summed E-state index contributed by atoms with van der Waals surface area (Å²) >= 11 is 0. The van der Waals surface area contributed by atoms with E-state index in [1.807, 2.05) is 45.6 Å². The third-order valence-corrected chi connectivity index (χ3v) is 4.35. The van der Waals surface area contributed by atoms with E-state index in [1.54, 1.807) is 4.90 Å². The smallest absolute Gasteiger partial charge is 0.321 e. The van der Waals surface area contributed by atoms with Gasteiger partial charge in [0.2, 0.25) is 5.91 Å². The number of aromatic nitrogens is 1. The minimum atomic E-state index is -0.120. The Hall–Kier alpha value is -2.11. The van der Waals surface area contributed by atoms with Crippen LogP contribution < -0.4 is 5.32 Å². The van der Waals surface area contributed by atoms with Crippen LogP contribution in [0.15, 0.2) is 6.07 Å². The van der Waals surface area contributed by atoms with Gasteiger partial charge in [0.1, 0.15) is 0 Å². The lowest BCUT2D eigenvalue weighted by Crippen LogP contribution is -2.40. The summed E-state index contributed by atoms with van der Waals surface area (Å²) in [6.07, 6.45) is 0.802. The standard InChI is InChI=1S/C18H28N4O2/c1-12(2)17(23)21-7-6-8-22(10-9-21)18(24)20-16-13(3)11-14(4)19-15(16)5/h11-12H,6-10H2,1-5H3,(H,20,24). The molecule has 2 rings (SSSR count). The zero-order valence-corrected chi connectivity index (χ0v) is 15.3. The number of nitrogens with one attached hydrogen (secondary N) is 1. The molecular weight excluding hydrogens is 304 g/mol. The molecule has 132 valence electrons. The third kappa shape index (κ3) is 4.24. The maximum Gasteiger partial charge on any atom is 0.321 e. The molecular formula is C18H28N4O2. The molecule has 1 aromatic rings. The van der Waals surface area contributed by atoms with Crippen molar-refractivity contribution in [2.75, 3.05) is 31.5 Å². The predicted molar refractivity (Wildman–Crippen MR) is 95.1 cm³/mol. The summed E-state index contributed by atoms with van der Waals surface area (Å²) in [5.41, 5.74) is 3.57. The van der Waals surface area contributed by atoms with E-state index in [0.29, 0.717) is 26.2 Å². The topological polar surface area (TPSA) is 65.5 Å². The highest BCUT2D eigenvalue weighted by Crippen LogP contribution is 2.20. The Morgan fingerprint density at radius 2 is 1.71 bits per heavy atom. The molecule has 1 aliphatic rings. The highest BCUT2D eigenvalue weighted by atomic mass is 16.2. The molecule has 6 nitrogen and oxygen atoms in total. The molecule has 0 aromatic carbocycles. The summed E-state index contributed by atoms with van der Waals surface area (Å²) in [6, 6.07) is 1.85. The Kier molecular flexibility index (Phi) is 5.80. The van der Waals surface area contributed by atoms with E-state index in [4.69, 9.17) is 0 Å². The lowest BCUT2D eigenvalue weighted by atomic mass is 10.1. The molecule has 0 spiro atoms. The van der Waals surface area contributed by atoms with Crippen LogP contribution in [0.2, 0.25) is 0 Å². The number of nitrogens with zero attached hydrogens (tertiary/aromatic N) is 3. The van der Waals surface area contributed by atoms with Crippen molar-refractivity contribution in [2.45, 2.75) is 41.0 Å². The van der Waals surface area contributed by atoms with Gasteiger partial charge in [0.25, 0.3) is 0 Å². The number of hydrogen-bond acceptors (Lipinski definition) is 3. The molecule has 1 fully saturated rings. The molecule has 0 bridgehead atoms. The second kappa shape index (κ2) is 7.64. The Bertz CT molecular complexity index is 604. The fourth-order valence-electron chi connectivity index (χ4n) is 3.10. The quantitative estimate of drug-likeness (QED) is 0.905. The minimum absolute atomic E-state index is 0.00527. The van der Waals surface area contributed by atoms with E-state index < -0.39 is 0 Å². The Morgan fingerprint density at radius 3 is 2.33 bits per heavy atom. The molecule has 3 amide bonds. The summed E-state index contributed by atoms with van der Waals surface area (Å²) in [5, 5.41) is 2.99. The van der Waals surface area contributed by atoms with E-state index in [1.165, 1.54) is 0 Å². The highest BCUT2D eigenvalue weighted by molar-refractivity contribution is 5.91. The second-order valence-electron chi connectivity index (χ2n) is 6.79. The molecule has 24 heavy (non-hydrogen) atoms. The van der Waals surface area contributed by atoms with Gasteiger partial charge < -0.3 is 15.1 Å². The monoisotopic (exact) mass is 332 g/mol. The van der Waals surface area contributed by atoms with E-state index >= 15 is 0 Å². The Morgan fingerprint density at radius 1 is 1.08 bits per heavy atom. The molecule has 0 radical (unpaired) electrons. The SMILES string of the molecule is Cc1cc(C)c(NC(=O)N2CCCN(C(=O)C(C)C)CC2)c(C)n1. The van der Waals surface area contributed by atoms with Crippen molar-refractivity contribution in [1.82, 2.24) is 14.8 Å². The first kappa shape index (κ1) is 18.2. The van der Waals surface area contributed by atoms with Crippen LogP contribution >= 0.6 is 0 Å². The number of aryl methyl sites for hydroxylation is 3. The number of anilines is 1. The number of pyridine rings is 1. The van der Waals surface area contributed by atoms with Gasteiger partial charge in [0.05, 0.1) is 11.4 Å². The summed E-state index contributed by atoms with van der Waals surface area (Å²) < 4.78 is 0. The van der Waals surface area contributed by atoms with Crippen LogP contribution in [0.3, 0.4) is 0 Å². The Labute approximate surface area is 144 Å². The molecule has 0 saturated carbocycles. The van der Waals surface area contributed by atoms with Crippen LogP contribution in [0.4, 0.5) is 10.5 Å². The van der Waals surface area contributed by atoms with Crippen molar-refractivity contribution in [3.63, 3.8) is 0 Å². The number of carbonyl (C=O) groups excluding carboxylic acids is 2. The van der Waals surface area contributed by atoms with Gasteiger partial charge in [-0.2, -0.15) is 0 Å². The van der Waals surface area contributed by atoms with Crippen molar-refractivity contribution in [2.24, 2.45) is 5.92 Å². The van der Waals surface area contributed by atoms with Gasteiger partial charge in [-0.05, 0) is 38.8 Å². The van der Waals surface area contributed by atoms with Crippen LogP contribution in [0.1, 0.15) is 37.2 Å². The number of rotatable bonds is 2. The normalized spacial score (nSPS) is 15.4. The van der Waals surface area contributed by atoms with Crippen LogP contribution in [0, 0.1) is 26.7 Å². The molecule has 0 atom stereocenters. The van der Waals surface area contributed by atoms with Crippen molar-refractivity contribution in [1.29, 1.82) is 0 Å². The lowest BCUT2D eigenvalue weighted by Gasteiger charge is -2.24. The number of urea groups is 1.